The van der Waals surface area contributed by atoms with Gasteiger partial charge < -0.3 is 18.6 Å². The van der Waals surface area contributed by atoms with Crippen LogP contribution in [0.5, 0.6) is 0 Å². The summed E-state index contributed by atoms with van der Waals surface area (Å²) in [6, 6.07) is 6.52. The fourth-order valence-corrected chi connectivity index (χ4v) is 3.80. The van der Waals surface area contributed by atoms with E-state index in [1.807, 2.05) is 9.47 Å². The Morgan fingerprint density at radius 1 is 1.25 bits per heavy atom. The molecule has 10 heteroatoms. The third-order valence-electron chi connectivity index (χ3n) is 5.54. The third kappa shape index (κ3) is 4.26. The van der Waals surface area contributed by atoms with Crippen LogP contribution in [0.3, 0.4) is 0 Å². The summed E-state index contributed by atoms with van der Waals surface area (Å²) in [4.78, 5) is 27.6. The molecule has 1 aliphatic carbocycles. The largest absolute Gasteiger partial charge is 0.463 e. The number of hydrogen-bond acceptors (Lipinski definition) is 6. The van der Waals surface area contributed by atoms with Gasteiger partial charge in [-0.1, -0.05) is 0 Å². The van der Waals surface area contributed by atoms with Crippen molar-refractivity contribution in [2.45, 2.75) is 18.9 Å². The van der Waals surface area contributed by atoms with Crippen LogP contribution < -0.4 is 15.8 Å². The molecular formula is C22H22ClFN4O4. The number of carbonyl (C=O) groups is 1. The number of carbonyl (C=O) groups excluding carboxylic acids is 1. The first-order valence-electron chi connectivity index (χ1n) is 10.2. The Kier molecular flexibility index (Phi) is 6.29. The van der Waals surface area contributed by atoms with Crippen molar-refractivity contribution in [1.29, 1.82) is 0 Å². The highest BCUT2D eigenvalue weighted by Gasteiger charge is 2.28. The smallest absolute Gasteiger partial charge is 0.276 e. The molecule has 0 radical (unpaired) electrons. The molecule has 1 aromatic carbocycles. The van der Waals surface area contributed by atoms with Gasteiger partial charge >= 0.3 is 0 Å². The van der Waals surface area contributed by atoms with Gasteiger partial charge in [-0.05, 0) is 37.1 Å². The first-order valence-corrected chi connectivity index (χ1v) is 10.2. The Balaban J connectivity index is 0.00000245. The lowest BCUT2D eigenvalue weighted by molar-refractivity contribution is 0.0953. The third-order valence-corrected chi connectivity index (χ3v) is 5.54. The van der Waals surface area contributed by atoms with Crippen LogP contribution in [0, 0.1) is 5.82 Å². The van der Waals surface area contributed by atoms with Crippen molar-refractivity contribution in [1.82, 2.24) is 9.99 Å². The number of rotatable bonds is 5. The highest BCUT2D eigenvalue weighted by atomic mass is 35.5. The molecule has 8 nitrogen and oxygen atoms in total. The van der Waals surface area contributed by atoms with Gasteiger partial charge in [-0.25, -0.2) is 9.82 Å². The molecule has 2 fully saturated rings. The van der Waals surface area contributed by atoms with E-state index in [0.717, 1.165) is 12.8 Å². The molecule has 168 valence electrons. The molecule has 0 spiro atoms. The number of morpholine rings is 1. The zero-order valence-electron chi connectivity index (χ0n) is 17.1. The van der Waals surface area contributed by atoms with Crippen LogP contribution in [0.25, 0.3) is 10.9 Å². The quantitative estimate of drug-likeness (QED) is 0.467. The Morgan fingerprint density at radius 2 is 2.03 bits per heavy atom. The van der Waals surface area contributed by atoms with Gasteiger partial charge in [0.05, 0.1) is 36.9 Å². The number of anilines is 1. The van der Waals surface area contributed by atoms with Crippen molar-refractivity contribution in [3.8, 4) is 0 Å². The van der Waals surface area contributed by atoms with E-state index < -0.39 is 17.2 Å². The topological polar surface area (TPSA) is 89.1 Å². The molecule has 1 saturated carbocycles. The monoisotopic (exact) mass is 460 g/mol. The minimum atomic E-state index is -0.651. The average Bonchev–Trinajstić information content (AvgIpc) is 3.50. The van der Waals surface area contributed by atoms with E-state index in [4.69, 9.17) is 9.15 Å². The molecule has 2 aromatic heterocycles. The Bertz CT molecular complexity index is 1210. The van der Waals surface area contributed by atoms with Gasteiger partial charge in [-0.15, -0.1) is 12.4 Å². The number of amides is 1. The maximum Gasteiger partial charge on any atom is 0.276 e. The maximum absolute atomic E-state index is 15.0. The van der Waals surface area contributed by atoms with Gasteiger partial charge in [0.15, 0.2) is 0 Å². The number of nitrogens with one attached hydrogen (secondary N) is 1. The number of hydrogen-bond donors (Lipinski definition) is 1. The summed E-state index contributed by atoms with van der Waals surface area (Å²) in [7, 11) is 0. The summed E-state index contributed by atoms with van der Waals surface area (Å²) in [5.74, 6) is -0.670. The van der Waals surface area contributed by atoms with Crippen LogP contribution in [0.2, 0.25) is 0 Å². The number of nitrogens with zero attached hydrogens (tertiary/aromatic N) is 3. The summed E-state index contributed by atoms with van der Waals surface area (Å²) in [5.41, 5.74) is 2.83. The molecule has 1 saturated heterocycles. The van der Waals surface area contributed by atoms with E-state index in [0.29, 0.717) is 43.3 Å². The van der Waals surface area contributed by atoms with Gasteiger partial charge in [0.2, 0.25) is 5.43 Å². The van der Waals surface area contributed by atoms with Crippen molar-refractivity contribution in [2.24, 2.45) is 5.10 Å². The molecule has 1 N–H and O–H groups in total. The predicted octanol–water partition coefficient (Wildman–Crippen LogP) is 3.09. The van der Waals surface area contributed by atoms with Gasteiger partial charge in [-0.3, -0.25) is 9.59 Å². The average molecular weight is 461 g/mol. The van der Waals surface area contributed by atoms with E-state index in [1.165, 1.54) is 18.5 Å². The second kappa shape index (κ2) is 9.13. The van der Waals surface area contributed by atoms with Crippen LogP contribution in [0.4, 0.5) is 10.1 Å². The lowest BCUT2D eigenvalue weighted by Crippen LogP contribution is -2.37. The molecule has 32 heavy (non-hydrogen) atoms. The standard InChI is InChI=1S/C22H21FN4O4.ClH/c23-18-10-16-19(11-20(18)26-5-8-30-9-6-26)27(14-3-4-14)13-17(21(16)28)22(29)25-24-12-15-2-1-7-31-15;/h1-2,7,10-14H,3-6,8-9H2,(H,25,29);1H/b24-12-;. The first kappa shape index (κ1) is 22.0. The molecule has 0 unspecified atom stereocenters. The van der Waals surface area contributed by atoms with Crippen molar-refractivity contribution in [2.75, 3.05) is 31.2 Å². The zero-order valence-corrected chi connectivity index (χ0v) is 17.9. The lowest BCUT2D eigenvalue weighted by atomic mass is 10.1. The highest BCUT2D eigenvalue weighted by Crippen LogP contribution is 2.38. The van der Waals surface area contributed by atoms with Gasteiger partial charge in [0.25, 0.3) is 5.91 Å². The highest BCUT2D eigenvalue weighted by molar-refractivity contribution is 5.98. The molecule has 3 aromatic rings. The van der Waals surface area contributed by atoms with E-state index in [2.05, 4.69) is 10.5 Å². The number of benzene rings is 1. The maximum atomic E-state index is 15.0. The van der Waals surface area contributed by atoms with E-state index >= 15 is 0 Å². The van der Waals surface area contributed by atoms with Crippen molar-refractivity contribution in [3.05, 3.63) is 64.1 Å². The minimum Gasteiger partial charge on any atom is -0.463 e. The van der Waals surface area contributed by atoms with E-state index in [-0.39, 0.29) is 29.4 Å². The fourth-order valence-electron chi connectivity index (χ4n) is 3.80. The summed E-state index contributed by atoms with van der Waals surface area (Å²) < 4.78 is 27.3. The number of hydrazone groups is 1. The van der Waals surface area contributed by atoms with Crippen LogP contribution in [-0.2, 0) is 4.74 Å². The fraction of sp³-hybridized carbons (Fsp3) is 0.318. The molecule has 1 aliphatic heterocycles. The summed E-state index contributed by atoms with van der Waals surface area (Å²) >= 11 is 0. The lowest BCUT2D eigenvalue weighted by Gasteiger charge is -2.29. The Morgan fingerprint density at radius 3 is 2.72 bits per heavy atom. The second-order valence-corrected chi connectivity index (χ2v) is 7.65. The molecular weight excluding hydrogens is 439 g/mol. The molecule has 0 bridgehead atoms. The molecule has 5 rings (SSSR count). The van der Waals surface area contributed by atoms with E-state index in [9.17, 15) is 14.0 Å². The first-order chi connectivity index (χ1) is 15.1. The summed E-state index contributed by atoms with van der Waals surface area (Å²) in [6.45, 7) is 2.24. The van der Waals surface area contributed by atoms with Gasteiger partial charge in [0, 0.05) is 30.7 Å². The number of furan rings is 1. The number of fused-ring (bicyclic) bond motifs is 1. The number of aromatic nitrogens is 1. The van der Waals surface area contributed by atoms with Crippen LogP contribution in [-0.4, -0.2) is 43.0 Å². The zero-order chi connectivity index (χ0) is 21.4. The van der Waals surface area contributed by atoms with Crippen LogP contribution in [0.1, 0.15) is 35.0 Å². The number of halogens is 2. The normalized spacial score (nSPS) is 16.3. The van der Waals surface area contributed by atoms with Crippen molar-refractivity contribution >= 4 is 41.1 Å². The number of pyridine rings is 1. The molecule has 1 amide bonds. The molecule has 3 heterocycles. The molecule has 0 atom stereocenters. The van der Waals surface area contributed by atoms with Crippen LogP contribution >= 0.6 is 12.4 Å². The second-order valence-electron chi connectivity index (χ2n) is 7.65. The Labute approximate surface area is 189 Å². The van der Waals surface area contributed by atoms with Crippen molar-refractivity contribution < 1.29 is 18.3 Å². The number of ether oxygens (including phenoxy) is 1. The SMILES string of the molecule is Cl.O=C(N/N=C\c1ccco1)c1cn(C2CC2)c2cc(N3CCOCC3)c(F)cc2c1=O. The van der Waals surface area contributed by atoms with Crippen molar-refractivity contribution in [3.63, 3.8) is 0 Å². The summed E-state index contributed by atoms with van der Waals surface area (Å²) in [6.07, 6.45) is 6.27. The summed E-state index contributed by atoms with van der Waals surface area (Å²) in [5, 5.41) is 4.02. The molecule has 2 aliphatic rings. The Hall–Kier alpha value is -3.17. The van der Waals surface area contributed by atoms with Gasteiger partial charge in [0.1, 0.15) is 17.1 Å². The van der Waals surface area contributed by atoms with Gasteiger partial charge in [-0.2, -0.15) is 5.10 Å². The van der Waals surface area contributed by atoms with E-state index in [1.54, 1.807) is 24.4 Å². The predicted molar refractivity (Wildman–Crippen MR) is 120 cm³/mol. The minimum absolute atomic E-state index is 0. The van der Waals surface area contributed by atoms with Crippen LogP contribution in [0.15, 0.2) is 51.0 Å².